The Bertz CT molecular complexity index is 1130. The lowest BCUT2D eigenvalue weighted by Gasteiger charge is -2.13. The largest absolute Gasteiger partial charge is 0.348 e. The van der Waals surface area contributed by atoms with E-state index in [2.05, 4.69) is 10.0 Å². The summed E-state index contributed by atoms with van der Waals surface area (Å²) in [6.45, 7) is 4.16. The maximum atomic E-state index is 12.6. The summed E-state index contributed by atoms with van der Waals surface area (Å²) in [5.74, 6) is -0.280. The smallest absolute Gasteiger partial charge is 0.261 e. The maximum Gasteiger partial charge on any atom is 0.261 e. The lowest BCUT2D eigenvalue weighted by Crippen LogP contribution is -2.23. The molecule has 2 N–H and O–H groups in total. The van der Waals surface area contributed by atoms with Crippen LogP contribution in [0, 0.1) is 13.8 Å². The second-order valence-electron chi connectivity index (χ2n) is 6.76. The van der Waals surface area contributed by atoms with Crippen LogP contribution in [0.2, 0.25) is 5.02 Å². The maximum absolute atomic E-state index is 12.6. The van der Waals surface area contributed by atoms with E-state index in [0.717, 1.165) is 11.1 Å². The Morgan fingerprint density at radius 2 is 1.59 bits per heavy atom. The van der Waals surface area contributed by atoms with Gasteiger partial charge in [0, 0.05) is 17.1 Å². The number of aryl methyl sites for hydroxylation is 2. The Morgan fingerprint density at radius 1 is 0.931 bits per heavy atom. The molecule has 0 spiro atoms. The van der Waals surface area contributed by atoms with E-state index in [1.807, 2.05) is 31.2 Å². The number of carbonyl (C=O) groups is 1. The first-order valence-electron chi connectivity index (χ1n) is 8.97. The van der Waals surface area contributed by atoms with Gasteiger partial charge in [-0.15, -0.1) is 0 Å². The molecular weight excluding hydrogens is 408 g/mol. The van der Waals surface area contributed by atoms with Crippen molar-refractivity contribution in [3.63, 3.8) is 0 Å². The average Bonchev–Trinajstić information content (AvgIpc) is 2.69. The Kier molecular flexibility index (Phi) is 6.25. The topological polar surface area (TPSA) is 75.3 Å². The number of sulfonamides is 1. The fourth-order valence-electron chi connectivity index (χ4n) is 2.68. The Labute approximate surface area is 175 Å². The van der Waals surface area contributed by atoms with Crippen LogP contribution in [0.5, 0.6) is 0 Å². The fraction of sp³-hybridized carbons (Fsp3) is 0.136. The number of rotatable bonds is 6. The van der Waals surface area contributed by atoms with Crippen LogP contribution < -0.4 is 10.0 Å². The van der Waals surface area contributed by atoms with Crippen molar-refractivity contribution >= 4 is 33.2 Å². The molecule has 0 heterocycles. The lowest BCUT2D eigenvalue weighted by molar-refractivity contribution is 0.0951. The molecule has 0 aliphatic heterocycles. The van der Waals surface area contributed by atoms with E-state index >= 15 is 0 Å². The summed E-state index contributed by atoms with van der Waals surface area (Å²) in [5.41, 5.74) is 3.56. The van der Waals surface area contributed by atoms with Crippen LogP contribution in [0.25, 0.3) is 0 Å². The molecule has 0 radical (unpaired) electrons. The summed E-state index contributed by atoms with van der Waals surface area (Å²) in [5, 5.41) is 3.30. The molecule has 5 nitrogen and oxygen atoms in total. The van der Waals surface area contributed by atoms with Gasteiger partial charge in [0.05, 0.1) is 10.6 Å². The van der Waals surface area contributed by atoms with E-state index in [-0.39, 0.29) is 10.8 Å². The third kappa shape index (κ3) is 5.37. The third-order valence-corrected chi connectivity index (χ3v) is 6.08. The number of amides is 1. The molecule has 0 aliphatic rings. The van der Waals surface area contributed by atoms with Crippen molar-refractivity contribution in [1.82, 2.24) is 5.32 Å². The molecule has 0 unspecified atom stereocenters. The molecule has 150 valence electrons. The number of anilines is 1. The van der Waals surface area contributed by atoms with Gasteiger partial charge in [0.25, 0.3) is 15.9 Å². The minimum atomic E-state index is -3.79. The van der Waals surface area contributed by atoms with Crippen LogP contribution in [0.4, 0.5) is 5.69 Å². The molecule has 29 heavy (non-hydrogen) atoms. The van der Waals surface area contributed by atoms with E-state index in [9.17, 15) is 13.2 Å². The zero-order valence-corrected chi connectivity index (χ0v) is 17.6. The summed E-state index contributed by atoms with van der Waals surface area (Å²) in [6.07, 6.45) is 0. The number of halogens is 1. The van der Waals surface area contributed by atoms with E-state index in [1.54, 1.807) is 19.1 Å². The van der Waals surface area contributed by atoms with Gasteiger partial charge < -0.3 is 5.32 Å². The van der Waals surface area contributed by atoms with E-state index < -0.39 is 10.0 Å². The van der Waals surface area contributed by atoms with E-state index in [0.29, 0.717) is 28.4 Å². The predicted molar refractivity (Wildman–Crippen MR) is 116 cm³/mol. The van der Waals surface area contributed by atoms with Crippen molar-refractivity contribution in [2.45, 2.75) is 25.3 Å². The van der Waals surface area contributed by atoms with Crippen LogP contribution in [-0.4, -0.2) is 14.3 Å². The first kappa shape index (κ1) is 20.9. The number of nitrogens with one attached hydrogen (secondary N) is 2. The standard InChI is InChI=1S/C22H21ClN2O3S/c1-15-3-6-17(7-4-15)14-24-22(26)18-8-5-16(2)21(13-18)25-29(27,28)20-11-9-19(23)10-12-20/h3-13,25H,14H2,1-2H3,(H,24,26). The number of hydrogen-bond acceptors (Lipinski definition) is 3. The van der Waals surface area contributed by atoms with Gasteiger partial charge in [0.1, 0.15) is 0 Å². The second-order valence-corrected chi connectivity index (χ2v) is 8.88. The highest BCUT2D eigenvalue weighted by Crippen LogP contribution is 2.22. The van der Waals surface area contributed by atoms with Gasteiger partial charge in [-0.25, -0.2) is 8.42 Å². The molecule has 7 heteroatoms. The van der Waals surface area contributed by atoms with Crippen molar-refractivity contribution < 1.29 is 13.2 Å². The summed E-state index contributed by atoms with van der Waals surface area (Å²) in [4.78, 5) is 12.6. The van der Waals surface area contributed by atoms with Crippen molar-refractivity contribution in [2.75, 3.05) is 4.72 Å². The second kappa shape index (κ2) is 8.68. The molecule has 0 atom stereocenters. The van der Waals surface area contributed by atoms with Crippen molar-refractivity contribution in [2.24, 2.45) is 0 Å². The SMILES string of the molecule is Cc1ccc(CNC(=O)c2ccc(C)c(NS(=O)(=O)c3ccc(Cl)cc3)c2)cc1. The van der Waals surface area contributed by atoms with Gasteiger partial charge in [-0.05, 0) is 61.4 Å². The molecule has 0 aromatic heterocycles. The normalized spacial score (nSPS) is 11.1. The fourth-order valence-corrected chi connectivity index (χ4v) is 3.93. The molecule has 3 aromatic rings. The lowest BCUT2D eigenvalue weighted by atomic mass is 10.1. The van der Waals surface area contributed by atoms with Crippen LogP contribution in [0.3, 0.4) is 0 Å². The van der Waals surface area contributed by atoms with Crippen molar-refractivity contribution in [1.29, 1.82) is 0 Å². The summed E-state index contributed by atoms with van der Waals surface area (Å²) in [6, 6.07) is 18.7. The van der Waals surface area contributed by atoms with Gasteiger partial charge in [-0.2, -0.15) is 0 Å². The van der Waals surface area contributed by atoms with Crippen LogP contribution in [-0.2, 0) is 16.6 Å². The molecule has 0 bridgehead atoms. The molecule has 3 rings (SSSR count). The minimum absolute atomic E-state index is 0.0931. The highest BCUT2D eigenvalue weighted by Gasteiger charge is 2.16. The number of benzene rings is 3. The molecule has 0 saturated heterocycles. The van der Waals surface area contributed by atoms with Gasteiger partial charge in [0.15, 0.2) is 0 Å². The van der Waals surface area contributed by atoms with Crippen molar-refractivity contribution in [3.8, 4) is 0 Å². The first-order valence-corrected chi connectivity index (χ1v) is 10.8. The molecule has 0 aliphatic carbocycles. The highest BCUT2D eigenvalue weighted by molar-refractivity contribution is 7.92. The van der Waals surface area contributed by atoms with Crippen LogP contribution in [0.15, 0.2) is 71.6 Å². The van der Waals surface area contributed by atoms with Crippen molar-refractivity contribution in [3.05, 3.63) is 94.0 Å². The highest BCUT2D eigenvalue weighted by atomic mass is 35.5. The summed E-state index contributed by atoms with van der Waals surface area (Å²) < 4.78 is 27.8. The summed E-state index contributed by atoms with van der Waals surface area (Å²) in [7, 11) is -3.79. The van der Waals surface area contributed by atoms with Gasteiger partial charge in [-0.3, -0.25) is 9.52 Å². The Balaban J connectivity index is 1.75. The molecule has 3 aromatic carbocycles. The molecule has 0 saturated carbocycles. The minimum Gasteiger partial charge on any atom is -0.348 e. The molecule has 1 amide bonds. The quantitative estimate of drug-likeness (QED) is 0.598. The van der Waals surface area contributed by atoms with E-state index in [1.165, 1.54) is 30.3 Å². The number of carbonyl (C=O) groups excluding carboxylic acids is 1. The Hall–Kier alpha value is -2.83. The van der Waals surface area contributed by atoms with Crippen LogP contribution in [0.1, 0.15) is 27.0 Å². The predicted octanol–water partition coefficient (Wildman–Crippen LogP) is 4.69. The van der Waals surface area contributed by atoms with Gasteiger partial charge in [0.2, 0.25) is 0 Å². The monoisotopic (exact) mass is 428 g/mol. The zero-order valence-electron chi connectivity index (χ0n) is 16.1. The van der Waals surface area contributed by atoms with E-state index in [4.69, 9.17) is 11.6 Å². The van der Waals surface area contributed by atoms with Gasteiger partial charge >= 0.3 is 0 Å². The third-order valence-electron chi connectivity index (χ3n) is 4.44. The zero-order chi connectivity index (χ0) is 21.0. The number of hydrogen-bond donors (Lipinski definition) is 2. The Morgan fingerprint density at radius 3 is 2.24 bits per heavy atom. The van der Waals surface area contributed by atoms with Crippen LogP contribution >= 0.6 is 11.6 Å². The summed E-state index contributed by atoms with van der Waals surface area (Å²) >= 11 is 5.82. The average molecular weight is 429 g/mol. The first-order chi connectivity index (χ1) is 13.7. The molecule has 0 fully saturated rings. The van der Waals surface area contributed by atoms with Gasteiger partial charge in [-0.1, -0.05) is 47.5 Å². The molecular formula is C22H21ClN2O3S.